The molecule has 0 aromatic carbocycles. The van der Waals surface area contributed by atoms with Crippen LogP contribution in [0.15, 0.2) is 24.7 Å². The maximum atomic E-state index is 6.03. The van der Waals surface area contributed by atoms with Crippen LogP contribution in [0, 0.1) is 6.92 Å². The Bertz CT molecular complexity index is 526. The van der Waals surface area contributed by atoms with Crippen molar-refractivity contribution in [1.82, 2.24) is 15.0 Å². The second-order valence-electron chi connectivity index (χ2n) is 3.72. The molecule has 5 nitrogen and oxygen atoms in total. The molecule has 0 saturated carbocycles. The van der Waals surface area contributed by atoms with Crippen LogP contribution in [0.2, 0.25) is 5.02 Å². The molecule has 2 rings (SSSR count). The lowest BCUT2D eigenvalue weighted by atomic mass is 10.1. The quantitative estimate of drug-likeness (QED) is 0.841. The average molecular weight is 250 g/mol. The Labute approximate surface area is 104 Å². The van der Waals surface area contributed by atoms with Crippen LogP contribution in [0.25, 0.3) is 0 Å². The molecule has 0 amide bonds. The zero-order valence-electron chi connectivity index (χ0n) is 9.26. The van der Waals surface area contributed by atoms with E-state index in [1.165, 1.54) is 6.20 Å². The van der Waals surface area contributed by atoms with Gasteiger partial charge in [0.1, 0.15) is 11.6 Å². The van der Waals surface area contributed by atoms with Gasteiger partial charge in [-0.25, -0.2) is 15.0 Å². The highest BCUT2D eigenvalue weighted by Crippen LogP contribution is 2.23. The monoisotopic (exact) mass is 249 g/mol. The van der Waals surface area contributed by atoms with Gasteiger partial charge in [0.05, 0.1) is 11.1 Å². The van der Waals surface area contributed by atoms with Gasteiger partial charge in [-0.3, -0.25) is 0 Å². The normalized spacial score (nSPS) is 12.4. The summed E-state index contributed by atoms with van der Waals surface area (Å²) >= 11 is 5.86. The first-order chi connectivity index (χ1) is 8.08. The van der Waals surface area contributed by atoms with Gasteiger partial charge in [-0.15, -0.1) is 0 Å². The molecular formula is C11H12ClN5. The van der Waals surface area contributed by atoms with E-state index in [9.17, 15) is 0 Å². The summed E-state index contributed by atoms with van der Waals surface area (Å²) in [4.78, 5) is 12.3. The minimum absolute atomic E-state index is 0.339. The fourth-order valence-electron chi connectivity index (χ4n) is 1.42. The van der Waals surface area contributed by atoms with Crippen LogP contribution < -0.4 is 11.5 Å². The summed E-state index contributed by atoms with van der Waals surface area (Å²) in [5.41, 5.74) is 13.4. The fraction of sp³-hybridized carbons (Fsp3) is 0.182. The second kappa shape index (κ2) is 4.65. The van der Waals surface area contributed by atoms with E-state index in [0.29, 0.717) is 22.2 Å². The maximum absolute atomic E-state index is 6.03. The summed E-state index contributed by atoms with van der Waals surface area (Å²) in [7, 11) is 0. The fourth-order valence-corrected chi connectivity index (χ4v) is 1.58. The van der Waals surface area contributed by atoms with Crippen molar-refractivity contribution in [3.05, 3.63) is 46.6 Å². The molecule has 1 atom stereocenters. The molecule has 17 heavy (non-hydrogen) atoms. The van der Waals surface area contributed by atoms with E-state index in [2.05, 4.69) is 15.0 Å². The number of aryl methyl sites for hydroxylation is 1. The van der Waals surface area contributed by atoms with Gasteiger partial charge in [0.25, 0.3) is 0 Å². The molecule has 6 heteroatoms. The second-order valence-corrected chi connectivity index (χ2v) is 4.16. The van der Waals surface area contributed by atoms with Gasteiger partial charge in [-0.1, -0.05) is 11.6 Å². The third-order valence-corrected chi connectivity index (χ3v) is 2.54. The van der Waals surface area contributed by atoms with Crippen molar-refractivity contribution in [2.75, 3.05) is 5.73 Å². The van der Waals surface area contributed by atoms with Crippen molar-refractivity contribution in [3.63, 3.8) is 0 Å². The Hall–Kier alpha value is -1.72. The van der Waals surface area contributed by atoms with Crippen LogP contribution in [0.1, 0.15) is 23.0 Å². The molecule has 4 N–H and O–H groups in total. The number of rotatable bonds is 2. The third-order valence-electron chi connectivity index (χ3n) is 2.33. The first-order valence-corrected chi connectivity index (χ1v) is 5.41. The highest BCUT2D eigenvalue weighted by atomic mass is 35.5. The van der Waals surface area contributed by atoms with E-state index in [-0.39, 0.29) is 0 Å². The van der Waals surface area contributed by atoms with E-state index < -0.39 is 6.04 Å². The molecule has 0 aliphatic carbocycles. The highest BCUT2D eigenvalue weighted by molar-refractivity contribution is 6.30. The molecule has 0 saturated heterocycles. The molecule has 88 valence electrons. The minimum atomic E-state index is -0.526. The first-order valence-electron chi connectivity index (χ1n) is 5.03. The number of anilines is 1. The van der Waals surface area contributed by atoms with Crippen LogP contribution in [-0.2, 0) is 0 Å². The number of hydrogen-bond donors (Lipinski definition) is 2. The van der Waals surface area contributed by atoms with Crippen molar-refractivity contribution in [1.29, 1.82) is 0 Å². The van der Waals surface area contributed by atoms with E-state index in [4.69, 9.17) is 23.1 Å². The molecule has 2 aromatic rings. The van der Waals surface area contributed by atoms with Gasteiger partial charge in [0.2, 0.25) is 0 Å². The Morgan fingerprint density at radius 2 is 1.82 bits per heavy atom. The van der Waals surface area contributed by atoms with Crippen LogP contribution in [0.4, 0.5) is 5.82 Å². The number of hydrogen-bond acceptors (Lipinski definition) is 5. The van der Waals surface area contributed by atoms with Crippen LogP contribution >= 0.6 is 11.6 Å². The largest absolute Gasteiger partial charge is 0.383 e. The van der Waals surface area contributed by atoms with E-state index in [1.54, 1.807) is 18.5 Å². The highest BCUT2D eigenvalue weighted by Gasteiger charge is 2.15. The summed E-state index contributed by atoms with van der Waals surface area (Å²) in [5, 5.41) is 0.483. The minimum Gasteiger partial charge on any atom is -0.383 e. The van der Waals surface area contributed by atoms with Crippen molar-refractivity contribution >= 4 is 17.4 Å². The van der Waals surface area contributed by atoms with Crippen molar-refractivity contribution in [3.8, 4) is 0 Å². The van der Waals surface area contributed by atoms with Gasteiger partial charge in [0, 0.05) is 24.2 Å². The topological polar surface area (TPSA) is 90.7 Å². The Kier molecular flexibility index (Phi) is 3.21. The summed E-state index contributed by atoms with van der Waals surface area (Å²) in [6.45, 7) is 1.91. The zero-order valence-corrected chi connectivity index (χ0v) is 10.0. The molecule has 0 fully saturated rings. The van der Waals surface area contributed by atoms with Crippen molar-refractivity contribution in [2.45, 2.75) is 13.0 Å². The van der Waals surface area contributed by atoms with E-state index >= 15 is 0 Å². The molecule has 2 heterocycles. The van der Waals surface area contributed by atoms with Crippen LogP contribution in [-0.4, -0.2) is 15.0 Å². The molecule has 0 aliphatic heterocycles. The predicted octanol–water partition coefficient (Wildman–Crippen LogP) is 1.46. The van der Waals surface area contributed by atoms with Crippen LogP contribution in [0.3, 0.4) is 0 Å². The Morgan fingerprint density at radius 1 is 1.18 bits per heavy atom. The standard InChI is InChI=1S/C11H12ClN5/c1-6-3-16-11(17-4-6)9(13)8-2-7(12)5-15-10(8)14/h2-5,9H,13H2,1H3,(H2,14,15). The third kappa shape index (κ3) is 2.51. The first kappa shape index (κ1) is 11.8. The SMILES string of the molecule is Cc1cnc(C(N)c2cc(Cl)cnc2N)nc1. The van der Waals surface area contributed by atoms with Crippen LogP contribution in [0.5, 0.6) is 0 Å². The molecule has 1 unspecified atom stereocenters. The van der Waals surface area contributed by atoms with E-state index in [1.807, 2.05) is 6.92 Å². The lowest BCUT2D eigenvalue weighted by Gasteiger charge is -2.12. The summed E-state index contributed by atoms with van der Waals surface area (Å²) < 4.78 is 0. The maximum Gasteiger partial charge on any atom is 0.149 e. The predicted molar refractivity (Wildman–Crippen MR) is 66.5 cm³/mol. The number of nitrogens with two attached hydrogens (primary N) is 2. The number of aromatic nitrogens is 3. The average Bonchev–Trinajstić information content (AvgIpc) is 2.32. The number of nitrogens with zero attached hydrogens (tertiary/aromatic N) is 3. The molecule has 0 spiro atoms. The molecule has 0 radical (unpaired) electrons. The zero-order chi connectivity index (χ0) is 12.4. The van der Waals surface area contributed by atoms with Gasteiger partial charge >= 0.3 is 0 Å². The summed E-state index contributed by atoms with van der Waals surface area (Å²) in [6.07, 6.45) is 4.88. The molecule has 2 aromatic heterocycles. The van der Waals surface area contributed by atoms with Gasteiger partial charge in [-0.05, 0) is 18.6 Å². The molecular weight excluding hydrogens is 238 g/mol. The molecule has 0 aliphatic rings. The van der Waals surface area contributed by atoms with Gasteiger partial charge < -0.3 is 11.5 Å². The van der Waals surface area contributed by atoms with Crippen molar-refractivity contribution < 1.29 is 0 Å². The van der Waals surface area contributed by atoms with E-state index in [0.717, 1.165) is 5.56 Å². The Balaban J connectivity index is 2.39. The van der Waals surface area contributed by atoms with Gasteiger partial charge in [-0.2, -0.15) is 0 Å². The lowest BCUT2D eigenvalue weighted by molar-refractivity contribution is 0.776. The smallest absolute Gasteiger partial charge is 0.149 e. The lowest BCUT2D eigenvalue weighted by Crippen LogP contribution is -2.17. The number of pyridine rings is 1. The van der Waals surface area contributed by atoms with Gasteiger partial charge in [0.15, 0.2) is 0 Å². The number of nitrogen functional groups attached to an aromatic ring is 1. The summed E-state index contributed by atoms with van der Waals surface area (Å²) in [6, 6.07) is 1.15. The molecule has 0 bridgehead atoms. The summed E-state index contributed by atoms with van der Waals surface area (Å²) in [5.74, 6) is 0.831. The Morgan fingerprint density at radius 3 is 2.47 bits per heavy atom. The van der Waals surface area contributed by atoms with Crippen molar-refractivity contribution in [2.24, 2.45) is 5.73 Å². The number of halogens is 1.